The number of aliphatic carboxylic acids is 2. The second kappa shape index (κ2) is 40.9. The SMILES string of the molecule is CC[C@H](C)[C@H](NC(=O)[C@H](CCCN=C(N)N)NC(=O)[C@H](CO)NC(=O)[C@H](CC(=O)O)NC(=O)[C@H](CCCCN)NC(=O)[C@H](CCCCN)NC(=O)[C@@H](N)CCCCN)C(=O)N[C@@H](Cc1c[nH]c2ccccc12)C(=O)N[C@@H](Cc1c[nH]c2ccccc12)C(=O)N[C@H](C(=O)O)C(C)C. The number of amides is 9. The van der Waals surface area contributed by atoms with Gasteiger partial charge in [-0.3, -0.25) is 52.9 Å². The summed E-state index contributed by atoms with van der Waals surface area (Å²) in [7, 11) is 0. The third kappa shape index (κ3) is 25.5. The van der Waals surface area contributed by atoms with E-state index in [2.05, 4.69) is 62.8 Å². The van der Waals surface area contributed by atoms with Crippen LogP contribution in [0.1, 0.15) is 122 Å². The summed E-state index contributed by atoms with van der Waals surface area (Å²) in [6.45, 7) is 6.28. The lowest BCUT2D eigenvalue weighted by atomic mass is 9.96. The van der Waals surface area contributed by atoms with E-state index in [1.54, 1.807) is 64.4 Å². The smallest absolute Gasteiger partial charge is 0.326 e. The van der Waals surface area contributed by atoms with Gasteiger partial charge in [0.2, 0.25) is 53.2 Å². The van der Waals surface area contributed by atoms with E-state index in [4.69, 9.17) is 34.4 Å². The number of para-hydroxylation sites is 2. The number of unbranched alkanes of at least 4 members (excludes halogenated alkanes) is 3. The summed E-state index contributed by atoms with van der Waals surface area (Å²) in [5, 5.41) is 55.2. The molecule has 0 aliphatic carbocycles. The number of aromatic amines is 2. The van der Waals surface area contributed by atoms with Crippen LogP contribution in [-0.4, -0.2) is 190 Å². The van der Waals surface area contributed by atoms with Gasteiger partial charge in [0.25, 0.3) is 0 Å². The van der Waals surface area contributed by atoms with Gasteiger partial charge >= 0.3 is 11.9 Å². The summed E-state index contributed by atoms with van der Waals surface area (Å²) in [5.41, 5.74) is 36.9. The molecule has 2 heterocycles. The molecule has 0 radical (unpaired) electrons. The van der Waals surface area contributed by atoms with Crippen molar-refractivity contribution in [3.63, 3.8) is 0 Å². The summed E-state index contributed by atoms with van der Waals surface area (Å²) in [4.78, 5) is 163. The number of carbonyl (C=O) groups excluding carboxylic acids is 9. The maximum absolute atomic E-state index is 14.9. The highest BCUT2D eigenvalue weighted by molar-refractivity contribution is 6.00. The third-order valence-electron chi connectivity index (χ3n) is 16.4. The fraction of sp³-hybridized carbons (Fsp3) is 0.562. The molecule has 0 aliphatic heterocycles. The minimum atomic E-state index is -1.94. The molecule has 2 aromatic carbocycles. The second-order valence-corrected chi connectivity index (χ2v) is 24.2. The molecule has 11 atom stereocenters. The Hall–Kier alpha value is -9.24. The van der Waals surface area contributed by atoms with Gasteiger partial charge in [0, 0.05) is 53.6 Å². The van der Waals surface area contributed by atoms with Crippen molar-refractivity contribution in [2.75, 3.05) is 32.8 Å². The molecule has 4 rings (SSSR count). The molecule has 0 spiro atoms. The molecule has 32 nitrogen and oxygen atoms in total. The van der Waals surface area contributed by atoms with E-state index in [9.17, 15) is 68.1 Å². The lowest BCUT2D eigenvalue weighted by Crippen LogP contribution is -2.62. The molecule has 0 fully saturated rings. The Morgan fingerprint density at radius 2 is 0.865 bits per heavy atom. The number of nitrogens with two attached hydrogens (primary N) is 6. The van der Waals surface area contributed by atoms with Crippen molar-refractivity contribution in [1.82, 2.24) is 57.8 Å². The quantitative estimate of drug-likeness (QED) is 0.0127. The minimum Gasteiger partial charge on any atom is -0.481 e. The molecule has 26 N–H and O–H groups in total. The number of aliphatic hydroxyl groups is 1. The largest absolute Gasteiger partial charge is 0.481 e. The number of aliphatic imine (C=N–C) groups is 1. The number of hydrogen-bond acceptors (Lipinski definition) is 17. The molecule has 32 heteroatoms. The van der Waals surface area contributed by atoms with Crippen LogP contribution in [0.2, 0.25) is 0 Å². The highest BCUT2D eigenvalue weighted by atomic mass is 16.4. The summed E-state index contributed by atoms with van der Waals surface area (Å²) in [6.07, 6.45) is 5.09. The fourth-order valence-electron chi connectivity index (χ4n) is 10.6. The van der Waals surface area contributed by atoms with Crippen LogP contribution < -0.4 is 82.3 Å². The Morgan fingerprint density at radius 3 is 1.32 bits per heavy atom. The number of rotatable bonds is 45. The number of carbonyl (C=O) groups is 11. The number of carboxylic acid groups (broad SMARTS) is 2. The number of H-pyrrole nitrogens is 2. The lowest BCUT2D eigenvalue weighted by Gasteiger charge is -2.30. The Kier molecular flexibility index (Phi) is 33.7. The van der Waals surface area contributed by atoms with Gasteiger partial charge in [0.15, 0.2) is 5.96 Å². The Bertz CT molecular complexity index is 3260. The van der Waals surface area contributed by atoms with Gasteiger partial charge in [0.05, 0.1) is 19.1 Å². The number of aliphatic hydroxyl groups excluding tert-OH is 1. The first-order chi connectivity index (χ1) is 45.8. The lowest BCUT2D eigenvalue weighted by molar-refractivity contribution is -0.143. The van der Waals surface area contributed by atoms with Gasteiger partial charge in [0.1, 0.15) is 54.4 Å². The molecule has 2 aromatic heterocycles. The number of benzene rings is 2. The predicted octanol–water partition coefficient (Wildman–Crippen LogP) is -2.18. The van der Waals surface area contributed by atoms with E-state index in [1.807, 2.05) is 24.3 Å². The highest BCUT2D eigenvalue weighted by Gasteiger charge is 2.38. The van der Waals surface area contributed by atoms with E-state index in [0.717, 1.165) is 10.9 Å². The summed E-state index contributed by atoms with van der Waals surface area (Å²) < 4.78 is 0. The molecule has 4 aromatic rings. The van der Waals surface area contributed by atoms with Crippen LogP contribution in [0.25, 0.3) is 21.8 Å². The Labute approximate surface area is 557 Å². The fourth-order valence-corrected chi connectivity index (χ4v) is 10.6. The van der Waals surface area contributed by atoms with Crippen molar-refractivity contribution in [3.05, 3.63) is 72.1 Å². The monoisotopic (exact) mass is 1340 g/mol. The van der Waals surface area contributed by atoms with Crippen molar-refractivity contribution in [2.24, 2.45) is 51.2 Å². The minimum absolute atomic E-state index is 0.0243. The topological polar surface area (TPSA) is 557 Å². The summed E-state index contributed by atoms with van der Waals surface area (Å²) in [6, 6.07) is -0.237. The van der Waals surface area contributed by atoms with E-state index in [-0.39, 0.29) is 83.4 Å². The van der Waals surface area contributed by atoms with Crippen LogP contribution in [0.4, 0.5) is 0 Å². The highest BCUT2D eigenvalue weighted by Crippen LogP contribution is 2.22. The van der Waals surface area contributed by atoms with Gasteiger partial charge in [-0.15, -0.1) is 0 Å². The normalized spacial score (nSPS) is 14.8. The maximum atomic E-state index is 14.9. The molecular formula is C64H100N18O14. The van der Waals surface area contributed by atoms with Gasteiger partial charge in [-0.1, -0.05) is 76.9 Å². The number of aromatic nitrogens is 2. The average Bonchev–Trinajstić information content (AvgIpc) is 1.63. The molecule has 0 saturated heterocycles. The molecule has 0 unspecified atom stereocenters. The van der Waals surface area contributed by atoms with Gasteiger partial charge in [-0.25, -0.2) is 4.79 Å². The molecule has 530 valence electrons. The van der Waals surface area contributed by atoms with Crippen molar-refractivity contribution < 1.29 is 68.1 Å². The first-order valence-electron chi connectivity index (χ1n) is 32.6. The van der Waals surface area contributed by atoms with Crippen LogP contribution in [0.15, 0.2) is 65.9 Å². The molecular weight excluding hydrogens is 1240 g/mol. The molecule has 9 amide bonds. The number of guanidine groups is 1. The molecule has 0 saturated carbocycles. The summed E-state index contributed by atoms with van der Waals surface area (Å²) in [5.74, 6) is -12.8. The first-order valence-corrected chi connectivity index (χ1v) is 32.6. The third-order valence-corrected chi connectivity index (χ3v) is 16.4. The average molecular weight is 1350 g/mol. The van der Waals surface area contributed by atoms with Crippen LogP contribution in [-0.2, 0) is 65.6 Å². The van der Waals surface area contributed by atoms with E-state index in [1.165, 1.54) is 0 Å². The van der Waals surface area contributed by atoms with Gasteiger partial charge < -0.3 is 108 Å². The van der Waals surface area contributed by atoms with Crippen LogP contribution in [0.5, 0.6) is 0 Å². The summed E-state index contributed by atoms with van der Waals surface area (Å²) >= 11 is 0. The number of nitrogens with one attached hydrogen (secondary N) is 11. The zero-order valence-corrected chi connectivity index (χ0v) is 55.1. The van der Waals surface area contributed by atoms with Crippen LogP contribution >= 0.6 is 0 Å². The van der Waals surface area contributed by atoms with Crippen LogP contribution in [0.3, 0.4) is 0 Å². The van der Waals surface area contributed by atoms with E-state index >= 15 is 0 Å². The van der Waals surface area contributed by atoms with Crippen molar-refractivity contribution in [2.45, 2.75) is 184 Å². The molecule has 96 heavy (non-hydrogen) atoms. The molecule has 0 aliphatic rings. The number of carboxylic acids is 2. The number of hydrogen-bond donors (Lipinski definition) is 20. The second-order valence-electron chi connectivity index (χ2n) is 24.2. The van der Waals surface area contributed by atoms with Crippen molar-refractivity contribution in [1.29, 1.82) is 0 Å². The first kappa shape index (κ1) is 79.2. The van der Waals surface area contributed by atoms with E-state index in [0.29, 0.717) is 60.7 Å². The standard InChI is InChI=1S/C64H100N18O14/c1-5-36(4)53(62(94)79-47(29-37-32-72-42-20-8-6-17-39(37)42)58(90)77-48(60(92)81-52(35(2)3)63(95)96)30-38-33-73-43-21-9-7-18-40(38)43)82-57(89)46(24-16-28-71-64(69)70)76-61(93)50(34-83)80-59(91)49(31-51(84)85)78-56(88)45(23-12-15-27-67)75-55(87)44(22-11-14-26-66)74-54(86)41(68)19-10-13-25-65/h6-9,17-18,20-21,32-33,35-36,41,44-50,52-53,72-73,83H,5,10-16,19,22-31,34,65-68H2,1-4H3,(H,74,86)(H,75,87)(H,76,93)(H,77,90)(H,78,88)(H,79,94)(H,80,91)(H,81,92)(H,82,89)(H,84,85)(H,95,96)(H4,69,70,71)/t36-,41-,44-,45-,46-,47-,48-,49-,50-,52-,53-/m0/s1. The number of nitrogens with zero attached hydrogens (tertiary/aromatic N) is 1. The van der Waals surface area contributed by atoms with Crippen LogP contribution in [0, 0.1) is 11.8 Å². The zero-order valence-electron chi connectivity index (χ0n) is 55.1. The Morgan fingerprint density at radius 1 is 0.479 bits per heavy atom. The number of fused-ring (bicyclic) bond motifs is 2. The van der Waals surface area contributed by atoms with Gasteiger partial charge in [-0.05, 0) is 119 Å². The molecule has 0 bridgehead atoms. The van der Waals surface area contributed by atoms with Crippen molar-refractivity contribution >= 4 is 92.9 Å². The van der Waals surface area contributed by atoms with Crippen molar-refractivity contribution in [3.8, 4) is 0 Å². The van der Waals surface area contributed by atoms with E-state index < -0.39 is 150 Å². The van der Waals surface area contributed by atoms with Gasteiger partial charge in [-0.2, -0.15) is 0 Å². The maximum Gasteiger partial charge on any atom is 0.326 e. The predicted molar refractivity (Wildman–Crippen MR) is 359 cm³/mol. The zero-order chi connectivity index (χ0) is 71.0. The Balaban J connectivity index is 1.64.